The van der Waals surface area contributed by atoms with Crippen molar-refractivity contribution in [2.24, 2.45) is 5.92 Å². The predicted molar refractivity (Wildman–Crippen MR) is 121 cm³/mol. The number of hydrogen-bond donors (Lipinski definition) is 2. The summed E-state index contributed by atoms with van der Waals surface area (Å²) in [6, 6.07) is 15.6. The minimum absolute atomic E-state index is 0.0657. The van der Waals surface area contributed by atoms with Crippen LogP contribution in [-0.4, -0.2) is 24.9 Å². The van der Waals surface area contributed by atoms with Crippen molar-refractivity contribution in [3.8, 4) is 0 Å². The van der Waals surface area contributed by atoms with Crippen LogP contribution in [0.3, 0.4) is 0 Å². The molecule has 5 nitrogen and oxygen atoms in total. The summed E-state index contributed by atoms with van der Waals surface area (Å²) >= 11 is 0. The van der Waals surface area contributed by atoms with Gasteiger partial charge in [-0.25, -0.2) is 0 Å². The molecule has 1 saturated carbocycles. The molecule has 1 saturated heterocycles. The zero-order valence-electron chi connectivity index (χ0n) is 17.7. The summed E-state index contributed by atoms with van der Waals surface area (Å²) in [5.41, 5.74) is 3.35. The maximum atomic E-state index is 13.3. The quantitative estimate of drug-likeness (QED) is 0.718. The second-order valence-electron chi connectivity index (χ2n) is 8.50. The van der Waals surface area contributed by atoms with Crippen LogP contribution < -0.4 is 15.5 Å². The second kappa shape index (κ2) is 9.33. The van der Waals surface area contributed by atoms with Crippen LogP contribution in [0.2, 0.25) is 0 Å². The number of piperidine rings is 1. The standard InChI is InChI=1S/C25H31N3O2/c1-18(19-9-4-2-5-10-19)26-25(30)22-17-21(27-24(29)20-11-8-12-20)13-14-23(22)28-15-6-3-7-16-28/h2,4-5,9-10,13-14,17-18,20H,3,6-8,11-12,15-16H2,1H3,(H,26,30)(H,27,29). The van der Waals surface area contributed by atoms with Gasteiger partial charge in [0.05, 0.1) is 11.6 Å². The first-order valence-electron chi connectivity index (χ1n) is 11.2. The molecule has 2 fully saturated rings. The van der Waals surface area contributed by atoms with Crippen molar-refractivity contribution in [2.45, 2.75) is 51.5 Å². The van der Waals surface area contributed by atoms with Crippen LogP contribution in [0.5, 0.6) is 0 Å². The van der Waals surface area contributed by atoms with Crippen LogP contribution in [0.4, 0.5) is 11.4 Å². The normalized spacial score (nSPS) is 17.7. The number of benzene rings is 2. The Morgan fingerprint density at radius 3 is 2.37 bits per heavy atom. The number of nitrogens with zero attached hydrogens (tertiary/aromatic N) is 1. The van der Waals surface area contributed by atoms with Crippen molar-refractivity contribution < 1.29 is 9.59 Å². The third-order valence-corrected chi connectivity index (χ3v) is 6.33. The van der Waals surface area contributed by atoms with E-state index in [1.807, 2.05) is 55.5 Å². The summed E-state index contributed by atoms with van der Waals surface area (Å²) in [5, 5.41) is 6.16. The number of carbonyl (C=O) groups excluding carboxylic acids is 2. The Morgan fingerprint density at radius 2 is 1.70 bits per heavy atom. The fourth-order valence-electron chi connectivity index (χ4n) is 4.22. The zero-order valence-corrected chi connectivity index (χ0v) is 17.7. The van der Waals surface area contributed by atoms with E-state index >= 15 is 0 Å². The molecule has 1 heterocycles. The fraction of sp³-hybridized carbons (Fsp3) is 0.440. The van der Waals surface area contributed by atoms with E-state index < -0.39 is 0 Å². The summed E-state index contributed by atoms with van der Waals surface area (Å²) in [6.07, 6.45) is 6.55. The summed E-state index contributed by atoms with van der Waals surface area (Å²) < 4.78 is 0. The molecule has 2 N–H and O–H groups in total. The second-order valence-corrected chi connectivity index (χ2v) is 8.50. The number of hydrogen-bond acceptors (Lipinski definition) is 3. The van der Waals surface area contributed by atoms with Crippen molar-refractivity contribution in [2.75, 3.05) is 23.3 Å². The van der Waals surface area contributed by atoms with Crippen LogP contribution in [0.25, 0.3) is 0 Å². The minimum atomic E-state index is -0.105. The van der Waals surface area contributed by atoms with Gasteiger partial charge in [-0.05, 0) is 62.8 Å². The predicted octanol–water partition coefficient (Wildman–Crippen LogP) is 4.91. The van der Waals surface area contributed by atoms with Gasteiger partial charge in [0, 0.05) is 30.4 Å². The molecule has 0 spiro atoms. The van der Waals surface area contributed by atoms with Crippen LogP contribution in [0, 0.1) is 5.92 Å². The summed E-state index contributed by atoms with van der Waals surface area (Å²) in [4.78, 5) is 28.0. The van der Waals surface area contributed by atoms with Gasteiger partial charge in [-0.15, -0.1) is 0 Å². The van der Waals surface area contributed by atoms with Gasteiger partial charge in [0.2, 0.25) is 5.91 Å². The van der Waals surface area contributed by atoms with E-state index in [1.165, 1.54) is 6.42 Å². The molecule has 1 aliphatic heterocycles. The van der Waals surface area contributed by atoms with E-state index in [4.69, 9.17) is 0 Å². The van der Waals surface area contributed by atoms with Gasteiger partial charge >= 0.3 is 0 Å². The summed E-state index contributed by atoms with van der Waals surface area (Å²) in [6.45, 7) is 3.92. The molecule has 4 rings (SSSR count). The molecule has 1 unspecified atom stereocenters. The molecule has 1 aliphatic carbocycles. The van der Waals surface area contributed by atoms with E-state index in [0.717, 1.165) is 56.4 Å². The highest BCUT2D eigenvalue weighted by molar-refractivity contribution is 6.02. The van der Waals surface area contributed by atoms with Crippen molar-refractivity contribution in [3.63, 3.8) is 0 Å². The van der Waals surface area contributed by atoms with Crippen LogP contribution in [0.15, 0.2) is 48.5 Å². The number of rotatable bonds is 6. The van der Waals surface area contributed by atoms with Crippen LogP contribution in [0.1, 0.15) is 67.4 Å². The lowest BCUT2D eigenvalue weighted by atomic mass is 9.85. The fourth-order valence-corrected chi connectivity index (χ4v) is 4.22. The molecular formula is C25H31N3O2. The SMILES string of the molecule is CC(NC(=O)c1cc(NC(=O)C2CCC2)ccc1N1CCCCC1)c1ccccc1. The molecular weight excluding hydrogens is 374 g/mol. The Kier molecular flexibility index (Phi) is 6.36. The summed E-state index contributed by atoms with van der Waals surface area (Å²) in [5.74, 6) is 0.0739. The van der Waals surface area contributed by atoms with E-state index in [9.17, 15) is 9.59 Å². The molecule has 0 radical (unpaired) electrons. The number of amides is 2. The van der Waals surface area contributed by atoms with Crippen molar-refractivity contribution in [1.29, 1.82) is 0 Å². The Labute approximate surface area is 178 Å². The molecule has 30 heavy (non-hydrogen) atoms. The lowest BCUT2D eigenvalue weighted by Gasteiger charge is -2.31. The zero-order chi connectivity index (χ0) is 20.9. The molecule has 2 aromatic carbocycles. The maximum Gasteiger partial charge on any atom is 0.253 e. The smallest absolute Gasteiger partial charge is 0.253 e. The van der Waals surface area contributed by atoms with Crippen LogP contribution in [-0.2, 0) is 4.79 Å². The lowest BCUT2D eigenvalue weighted by molar-refractivity contribution is -0.122. The third kappa shape index (κ3) is 4.66. The van der Waals surface area contributed by atoms with E-state index in [1.54, 1.807) is 0 Å². The van der Waals surface area contributed by atoms with E-state index in [2.05, 4.69) is 15.5 Å². The molecule has 2 amide bonds. The highest BCUT2D eigenvalue weighted by Gasteiger charge is 2.26. The van der Waals surface area contributed by atoms with Gasteiger partial charge in [0.25, 0.3) is 5.91 Å². The molecule has 5 heteroatoms. The molecule has 1 atom stereocenters. The number of carbonyl (C=O) groups is 2. The highest BCUT2D eigenvalue weighted by Crippen LogP contribution is 2.30. The number of nitrogens with one attached hydrogen (secondary N) is 2. The Hall–Kier alpha value is -2.82. The third-order valence-electron chi connectivity index (χ3n) is 6.33. The monoisotopic (exact) mass is 405 g/mol. The molecule has 0 bridgehead atoms. The largest absolute Gasteiger partial charge is 0.371 e. The topological polar surface area (TPSA) is 61.4 Å². The molecule has 158 valence electrons. The highest BCUT2D eigenvalue weighted by atomic mass is 16.2. The Balaban J connectivity index is 1.57. The molecule has 2 aromatic rings. The maximum absolute atomic E-state index is 13.3. The van der Waals surface area contributed by atoms with E-state index in [0.29, 0.717) is 11.3 Å². The first-order chi connectivity index (χ1) is 14.6. The van der Waals surface area contributed by atoms with Gasteiger partial charge < -0.3 is 15.5 Å². The van der Waals surface area contributed by atoms with E-state index in [-0.39, 0.29) is 23.8 Å². The molecule has 0 aromatic heterocycles. The average molecular weight is 406 g/mol. The van der Waals surface area contributed by atoms with Crippen molar-refractivity contribution in [1.82, 2.24) is 5.32 Å². The first-order valence-corrected chi connectivity index (χ1v) is 11.2. The lowest BCUT2D eigenvalue weighted by Crippen LogP contribution is -2.34. The molecule has 2 aliphatic rings. The Morgan fingerprint density at radius 1 is 0.967 bits per heavy atom. The van der Waals surface area contributed by atoms with Crippen molar-refractivity contribution in [3.05, 3.63) is 59.7 Å². The average Bonchev–Trinajstić information content (AvgIpc) is 2.73. The van der Waals surface area contributed by atoms with Crippen LogP contribution >= 0.6 is 0 Å². The number of anilines is 2. The van der Waals surface area contributed by atoms with Crippen molar-refractivity contribution >= 4 is 23.2 Å². The first kappa shape index (κ1) is 20.5. The van der Waals surface area contributed by atoms with Gasteiger partial charge in [-0.2, -0.15) is 0 Å². The van der Waals surface area contributed by atoms with Gasteiger partial charge in [-0.1, -0.05) is 36.8 Å². The van der Waals surface area contributed by atoms with Gasteiger partial charge in [0.1, 0.15) is 0 Å². The minimum Gasteiger partial charge on any atom is -0.371 e. The van der Waals surface area contributed by atoms with Gasteiger partial charge in [0.15, 0.2) is 0 Å². The Bertz CT molecular complexity index is 887. The summed E-state index contributed by atoms with van der Waals surface area (Å²) in [7, 11) is 0. The van der Waals surface area contributed by atoms with Gasteiger partial charge in [-0.3, -0.25) is 9.59 Å².